The number of benzene rings is 10. The third-order valence-electron chi connectivity index (χ3n) is 16.1. The highest BCUT2D eigenvalue weighted by Crippen LogP contribution is 2.63. The van der Waals surface area contributed by atoms with Crippen LogP contribution in [-0.4, -0.2) is 6.85 Å². The lowest BCUT2D eigenvalue weighted by Crippen LogP contribution is -2.63. The third kappa shape index (κ3) is 5.01. The van der Waals surface area contributed by atoms with Crippen LogP contribution in [0.5, 0.6) is 0 Å². The van der Waals surface area contributed by atoms with Crippen LogP contribution in [-0.2, 0) is 10.8 Å². The maximum absolute atomic E-state index is 2.77. The lowest BCUT2D eigenvalue weighted by atomic mass is 9.41. The molecule has 4 heterocycles. The van der Waals surface area contributed by atoms with Gasteiger partial charge in [-0.2, -0.15) is 0 Å². The van der Waals surface area contributed by atoms with E-state index in [1.165, 1.54) is 132 Å². The van der Waals surface area contributed by atoms with Crippen LogP contribution in [0.25, 0.3) is 53.6 Å². The largest absolute Gasteiger partial charge is 0.376 e. The van der Waals surface area contributed by atoms with Crippen LogP contribution in [0.15, 0.2) is 218 Å². The fraction of sp³-hybridized carbons (Fsp3) is 0.0769. The molecule has 0 radical (unpaired) electrons. The minimum Gasteiger partial charge on any atom is -0.376 e. The number of para-hydroxylation sites is 2. The number of nitrogens with zero attached hydrogens (tertiary/aromatic N) is 2. The lowest BCUT2D eigenvalue weighted by molar-refractivity contribution is 0.660. The Morgan fingerprint density at radius 1 is 0.449 bits per heavy atom. The molecule has 2 nitrogen and oxygen atoms in total. The Morgan fingerprint density at radius 2 is 1.10 bits per heavy atom. The van der Waals surface area contributed by atoms with Gasteiger partial charge in [-0.25, -0.2) is 0 Å². The van der Waals surface area contributed by atoms with Crippen molar-refractivity contribution in [1.29, 1.82) is 0 Å². The molecule has 324 valence electrons. The van der Waals surface area contributed by atoms with E-state index in [4.69, 9.17) is 0 Å². The normalized spacial score (nSPS) is 15.0. The molecule has 0 fully saturated rings. The van der Waals surface area contributed by atoms with Gasteiger partial charge in [-0.05, 0) is 92.7 Å². The molecular formula is C65H45BN2S. The molecule has 0 saturated carbocycles. The van der Waals surface area contributed by atoms with Crippen LogP contribution in [0.1, 0.15) is 52.8 Å². The molecule has 1 aliphatic carbocycles. The quantitative estimate of drug-likeness (QED) is 0.162. The summed E-state index contributed by atoms with van der Waals surface area (Å²) in [6, 6.07) is 83.1. The number of hydrogen-bond donors (Lipinski definition) is 0. The predicted molar refractivity (Wildman–Crippen MR) is 293 cm³/mol. The fourth-order valence-electron chi connectivity index (χ4n) is 13.3. The first kappa shape index (κ1) is 39.1. The summed E-state index contributed by atoms with van der Waals surface area (Å²) in [4.78, 5) is 5.48. The van der Waals surface area contributed by atoms with Crippen molar-refractivity contribution in [1.82, 2.24) is 0 Å². The van der Waals surface area contributed by atoms with Crippen LogP contribution in [0.3, 0.4) is 0 Å². The minimum absolute atomic E-state index is 0.151. The van der Waals surface area contributed by atoms with E-state index in [2.05, 4.69) is 249 Å². The number of hydrogen-bond acceptors (Lipinski definition) is 3. The van der Waals surface area contributed by atoms with Gasteiger partial charge in [0.1, 0.15) is 0 Å². The SMILES string of the molecule is Cc1ccc(N2c3cc4c(sc5ccccc54)c4c3B(c3ccc5c(c32)-c2ccccc2C5(C)C)N2c3ccccc3C(c3ccccc3)(c3ccccc3)c3cccc-4c32)c(-c2ccccc2)c1. The molecule has 0 unspecified atom stereocenters. The molecule has 0 atom stereocenters. The predicted octanol–water partition coefficient (Wildman–Crippen LogP) is 15.7. The second-order valence-electron chi connectivity index (χ2n) is 20.0. The highest BCUT2D eigenvalue weighted by atomic mass is 32.1. The van der Waals surface area contributed by atoms with Gasteiger partial charge in [0.25, 0.3) is 0 Å². The van der Waals surface area contributed by atoms with Gasteiger partial charge in [0.15, 0.2) is 0 Å². The second-order valence-corrected chi connectivity index (χ2v) is 21.0. The molecule has 4 aliphatic rings. The average molecular weight is 897 g/mol. The first-order valence-electron chi connectivity index (χ1n) is 24.3. The zero-order chi connectivity index (χ0) is 45.8. The maximum atomic E-state index is 2.77. The van der Waals surface area contributed by atoms with Crippen molar-refractivity contribution in [2.45, 2.75) is 31.6 Å². The van der Waals surface area contributed by atoms with E-state index in [9.17, 15) is 0 Å². The number of anilines is 5. The van der Waals surface area contributed by atoms with Crippen molar-refractivity contribution in [2.24, 2.45) is 0 Å². The average Bonchev–Trinajstić information content (AvgIpc) is 3.89. The van der Waals surface area contributed by atoms with Crippen molar-refractivity contribution in [2.75, 3.05) is 9.71 Å². The summed E-state index contributed by atoms with van der Waals surface area (Å²) in [5, 5.41) is 2.61. The molecular weight excluding hydrogens is 852 g/mol. The molecule has 4 heteroatoms. The summed E-state index contributed by atoms with van der Waals surface area (Å²) in [6.07, 6.45) is 0. The topological polar surface area (TPSA) is 6.48 Å². The number of thiophene rings is 1. The number of aryl methyl sites for hydroxylation is 1. The highest BCUT2D eigenvalue weighted by Gasteiger charge is 2.55. The Morgan fingerprint density at radius 3 is 1.88 bits per heavy atom. The van der Waals surface area contributed by atoms with E-state index >= 15 is 0 Å². The van der Waals surface area contributed by atoms with Crippen LogP contribution in [0, 0.1) is 6.92 Å². The first-order chi connectivity index (χ1) is 33.9. The fourth-order valence-corrected chi connectivity index (χ4v) is 14.6. The van der Waals surface area contributed by atoms with E-state index < -0.39 is 5.41 Å². The van der Waals surface area contributed by atoms with Crippen molar-refractivity contribution in [3.8, 4) is 33.4 Å². The summed E-state index contributed by atoms with van der Waals surface area (Å²) >= 11 is 1.95. The van der Waals surface area contributed by atoms with Crippen LogP contribution in [0.4, 0.5) is 28.4 Å². The van der Waals surface area contributed by atoms with Crippen molar-refractivity contribution >= 4 is 77.7 Å². The van der Waals surface area contributed by atoms with Gasteiger partial charge < -0.3 is 9.71 Å². The summed E-state index contributed by atoms with van der Waals surface area (Å²) in [5.74, 6) is 0. The van der Waals surface area contributed by atoms with E-state index in [-0.39, 0.29) is 12.3 Å². The minimum atomic E-state index is -0.591. The third-order valence-corrected chi connectivity index (χ3v) is 17.3. The summed E-state index contributed by atoms with van der Waals surface area (Å²) < 4.78 is 2.66. The van der Waals surface area contributed by atoms with E-state index in [1.54, 1.807) is 0 Å². The molecule has 1 aromatic heterocycles. The van der Waals surface area contributed by atoms with Crippen molar-refractivity contribution < 1.29 is 0 Å². The van der Waals surface area contributed by atoms with E-state index in [0.717, 1.165) is 0 Å². The molecule has 69 heavy (non-hydrogen) atoms. The molecule has 15 rings (SSSR count). The Labute approximate surface area is 407 Å². The lowest BCUT2D eigenvalue weighted by Gasteiger charge is -2.53. The molecule has 0 bridgehead atoms. The van der Waals surface area contributed by atoms with Gasteiger partial charge in [-0.15, -0.1) is 11.3 Å². The standard InChI is InChI=1S/C65H45BN2S/c1-40-34-37-54(47(38-40)41-20-7-4-8-21-41)67-56-39-48-44-26-14-18-33-57(44)69-63(48)59-46-28-19-31-52-61(46)68(55-32-17-16-30-50(55)65(52,42-22-9-5-10-23-42)43-24-11-6-12-25-43)66(60(56)59)53-36-35-51-58(62(53)67)45-27-13-15-29-49(45)64(51,2)3/h4-39H,1-3H3. The number of rotatable bonds is 4. The van der Waals surface area contributed by atoms with Crippen LogP contribution < -0.4 is 20.6 Å². The van der Waals surface area contributed by atoms with Gasteiger partial charge in [0.2, 0.25) is 0 Å². The van der Waals surface area contributed by atoms with Crippen LogP contribution in [0.2, 0.25) is 0 Å². The van der Waals surface area contributed by atoms with Gasteiger partial charge in [0, 0.05) is 64.9 Å². The van der Waals surface area contributed by atoms with E-state index in [1.807, 2.05) is 11.3 Å². The Hall–Kier alpha value is -7.92. The maximum Gasteiger partial charge on any atom is 0.333 e. The highest BCUT2D eigenvalue weighted by molar-refractivity contribution is 7.26. The molecule has 0 saturated heterocycles. The Balaban J connectivity index is 1.16. The van der Waals surface area contributed by atoms with Gasteiger partial charge in [-0.1, -0.05) is 207 Å². The number of fused-ring (bicyclic) bond motifs is 14. The molecule has 11 aromatic rings. The van der Waals surface area contributed by atoms with E-state index in [0.29, 0.717) is 0 Å². The van der Waals surface area contributed by atoms with Crippen molar-refractivity contribution in [3.05, 3.63) is 257 Å². The molecule has 0 spiro atoms. The van der Waals surface area contributed by atoms with Gasteiger partial charge in [0.05, 0.1) is 16.8 Å². The summed E-state index contributed by atoms with van der Waals surface area (Å²) in [6.45, 7) is 6.91. The molecule has 10 aromatic carbocycles. The van der Waals surface area contributed by atoms with Crippen LogP contribution >= 0.6 is 11.3 Å². The summed E-state index contributed by atoms with van der Waals surface area (Å²) in [7, 11) is 0. The second kappa shape index (κ2) is 14.1. The Bertz CT molecular complexity index is 3930. The molecule has 0 N–H and O–H groups in total. The molecule has 3 aliphatic heterocycles. The van der Waals surface area contributed by atoms with Gasteiger partial charge >= 0.3 is 6.85 Å². The smallest absolute Gasteiger partial charge is 0.333 e. The monoisotopic (exact) mass is 896 g/mol. The molecule has 0 amide bonds. The summed E-state index contributed by atoms with van der Waals surface area (Å²) in [5.41, 5.74) is 25.0. The zero-order valence-electron chi connectivity index (χ0n) is 38.7. The van der Waals surface area contributed by atoms with Crippen molar-refractivity contribution in [3.63, 3.8) is 0 Å². The Kier molecular flexibility index (Phi) is 7.98. The first-order valence-corrected chi connectivity index (χ1v) is 25.1. The van der Waals surface area contributed by atoms with Gasteiger partial charge in [-0.3, -0.25) is 0 Å². The zero-order valence-corrected chi connectivity index (χ0v) is 39.5.